The average molecular weight is 542 g/mol. The predicted octanol–water partition coefficient (Wildman–Crippen LogP) is 5.51. The van der Waals surface area contributed by atoms with Gasteiger partial charge in [-0.05, 0) is 53.8 Å². The summed E-state index contributed by atoms with van der Waals surface area (Å²) in [6, 6.07) is 12.6. The Hall–Kier alpha value is -3.83. The fourth-order valence-electron chi connectivity index (χ4n) is 3.53. The van der Waals surface area contributed by atoms with Crippen molar-refractivity contribution in [2.75, 3.05) is 12.8 Å². The van der Waals surface area contributed by atoms with E-state index in [1.165, 1.54) is 52.7 Å². The van der Waals surface area contributed by atoms with Gasteiger partial charge in [0, 0.05) is 21.3 Å². The first-order valence-electron chi connectivity index (χ1n) is 10.9. The first-order chi connectivity index (χ1) is 17.8. The van der Waals surface area contributed by atoms with E-state index in [0.717, 1.165) is 10.4 Å². The number of carboxylic acids is 1. The topological polar surface area (TPSA) is 92.6 Å². The molecule has 4 rings (SSSR count). The minimum absolute atomic E-state index is 0.0396. The Morgan fingerprint density at radius 1 is 1.11 bits per heavy atom. The summed E-state index contributed by atoms with van der Waals surface area (Å²) in [7, 11) is 0. The number of carbonyl (C=O) groups is 2. The third-order valence-corrected chi connectivity index (χ3v) is 6.99. The highest BCUT2D eigenvalue weighted by atomic mass is 32.2. The van der Waals surface area contributed by atoms with Gasteiger partial charge in [0.1, 0.15) is 25.2 Å². The van der Waals surface area contributed by atoms with Crippen LogP contribution in [0.2, 0.25) is 0 Å². The molecule has 0 spiro atoms. The van der Waals surface area contributed by atoms with Crippen LogP contribution in [0.3, 0.4) is 0 Å². The molecule has 0 saturated carbocycles. The zero-order valence-corrected chi connectivity index (χ0v) is 21.2. The molecule has 1 amide bonds. The maximum absolute atomic E-state index is 13.8. The standard InChI is InChI=1S/C26H21F2N3O4S2/c1-36-24-10-23(28)22(27)9-21(24)16-2-4-19(5-3-16)35-13-20-8-17(14-37-20)26(34)31(12-25(32)33)11-18-6-7-29-15-30-18/h2-10,14-15H,11-13H2,1H3,(H,32,33). The maximum atomic E-state index is 13.8. The van der Waals surface area contributed by atoms with Crippen molar-refractivity contribution in [3.05, 3.63) is 94.2 Å². The molecule has 0 fully saturated rings. The zero-order valence-electron chi connectivity index (χ0n) is 19.6. The van der Waals surface area contributed by atoms with E-state index in [9.17, 15) is 23.5 Å². The van der Waals surface area contributed by atoms with Gasteiger partial charge in [0.05, 0.1) is 17.8 Å². The summed E-state index contributed by atoms with van der Waals surface area (Å²) in [5, 5.41) is 10.9. The van der Waals surface area contributed by atoms with Gasteiger partial charge in [-0.2, -0.15) is 0 Å². The van der Waals surface area contributed by atoms with Gasteiger partial charge in [-0.3, -0.25) is 9.59 Å². The highest BCUT2D eigenvalue weighted by Gasteiger charge is 2.21. The number of thioether (sulfide) groups is 1. The van der Waals surface area contributed by atoms with Crippen molar-refractivity contribution in [1.82, 2.24) is 14.9 Å². The third kappa shape index (κ3) is 6.69. The Bertz CT molecular complexity index is 1400. The Morgan fingerprint density at radius 2 is 1.86 bits per heavy atom. The van der Waals surface area contributed by atoms with Gasteiger partial charge in [-0.15, -0.1) is 23.1 Å². The van der Waals surface area contributed by atoms with Gasteiger partial charge in [0.2, 0.25) is 0 Å². The molecule has 2 aromatic carbocycles. The number of thiophene rings is 1. The summed E-state index contributed by atoms with van der Waals surface area (Å²) < 4.78 is 33.2. The number of hydrogen-bond acceptors (Lipinski definition) is 7. The number of carboxylic acid groups (broad SMARTS) is 1. The van der Waals surface area contributed by atoms with Gasteiger partial charge in [0.25, 0.3) is 5.91 Å². The normalized spacial score (nSPS) is 10.8. The van der Waals surface area contributed by atoms with E-state index in [1.807, 2.05) is 0 Å². The molecule has 11 heteroatoms. The van der Waals surface area contributed by atoms with Gasteiger partial charge in [0.15, 0.2) is 11.6 Å². The van der Waals surface area contributed by atoms with E-state index in [-0.39, 0.29) is 13.2 Å². The predicted molar refractivity (Wildman–Crippen MR) is 137 cm³/mol. The maximum Gasteiger partial charge on any atom is 0.323 e. The molecule has 0 bridgehead atoms. The number of hydrogen-bond donors (Lipinski definition) is 1. The first-order valence-corrected chi connectivity index (χ1v) is 13.0. The Kier molecular flexibility index (Phi) is 8.47. The lowest BCUT2D eigenvalue weighted by atomic mass is 10.1. The number of nitrogens with zero attached hydrogens (tertiary/aromatic N) is 3. The summed E-state index contributed by atoms with van der Waals surface area (Å²) in [5.74, 6) is -2.78. The van der Waals surface area contributed by atoms with Gasteiger partial charge in [-0.25, -0.2) is 18.7 Å². The van der Waals surface area contributed by atoms with Crippen LogP contribution in [-0.2, 0) is 17.9 Å². The lowest BCUT2D eigenvalue weighted by Crippen LogP contribution is -2.35. The van der Waals surface area contributed by atoms with Crippen LogP contribution >= 0.6 is 23.1 Å². The van der Waals surface area contributed by atoms with Crippen molar-refractivity contribution in [3.8, 4) is 16.9 Å². The minimum atomic E-state index is -1.13. The summed E-state index contributed by atoms with van der Waals surface area (Å²) in [5.41, 5.74) is 2.20. The SMILES string of the molecule is CSc1cc(F)c(F)cc1-c1ccc(OCc2cc(C(=O)N(CC(=O)O)Cc3ccncn3)cs2)cc1. The summed E-state index contributed by atoms with van der Waals surface area (Å²) >= 11 is 2.65. The van der Waals surface area contributed by atoms with Crippen LogP contribution in [0, 0.1) is 11.6 Å². The zero-order chi connectivity index (χ0) is 26.4. The van der Waals surface area contributed by atoms with E-state index in [0.29, 0.717) is 27.5 Å². The fraction of sp³-hybridized carbons (Fsp3) is 0.154. The van der Waals surface area contributed by atoms with E-state index < -0.39 is 30.1 Å². The van der Waals surface area contributed by atoms with Gasteiger partial charge >= 0.3 is 5.97 Å². The number of ether oxygens (including phenoxy) is 1. The van der Waals surface area contributed by atoms with Crippen LogP contribution < -0.4 is 4.74 Å². The lowest BCUT2D eigenvalue weighted by molar-refractivity contribution is -0.137. The molecule has 190 valence electrons. The lowest BCUT2D eigenvalue weighted by Gasteiger charge is -2.19. The van der Waals surface area contributed by atoms with Gasteiger partial charge in [-0.1, -0.05) is 12.1 Å². The van der Waals surface area contributed by atoms with Crippen molar-refractivity contribution >= 4 is 35.0 Å². The molecule has 1 N–H and O–H groups in total. The molecule has 0 saturated heterocycles. The van der Waals surface area contributed by atoms with E-state index in [2.05, 4.69) is 9.97 Å². The molecule has 2 heterocycles. The summed E-state index contributed by atoms with van der Waals surface area (Å²) in [6.45, 7) is -0.228. The van der Waals surface area contributed by atoms with Crippen LogP contribution in [0.1, 0.15) is 20.9 Å². The Balaban J connectivity index is 1.41. The number of carbonyl (C=O) groups excluding carboxylic acids is 1. The Morgan fingerprint density at radius 3 is 2.54 bits per heavy atom. The van der Waals surface area contributed by atoms with Crippen LogP contribution in [-0.4, -0.2) is 44.7 Å². The molecule has 0 aliphatic carbocycles. The van der Waals surface area contributed by atoms with E-state index in [1.54, 1.807) is 48.0 Å². The number of rotatable bonds is 10. The van der Waals surface area contributed by atoms with Crippen molar-refractivity contribution in [2.45, 2.75) is 18.0 Å². The molecule has 7 nitrogen and oxygen atoms in total. The smallest absolute Gasteiger partial charge is 0.323 e. The third-order valence-electron chi connectivity index (χ3n) is 5.30. The molecular weight excluding hydrogens is 520 g/mol. The second-order valence-electron chi connectivity index (χ2n) is 7.84. The van der Waals surface area contributed by atoms with Crippen LogP contribution in [0.4, 0.5) is 8.78 Å². The number of benzene rings is 2. The van der Waals surface area contributed by atoms with Crippen molar-refractivity contribution < 1.29 is 28.2 Å². The molecule has 0 atom stereocenters. The average Bonchev–Trinajstić information content (AvgIpc) is 3.38. The van der Waals surface area contributed by atoms with Crippen molar-refractivity contribution in [1.29, 1.82) is 0 Å². The molecule has 0 aliphatic rings. The van der Waals surface area contributed by atoms with E-state index in [4.69, 9.17) is 4.74 Å². The molecular formula is C26H21F2N3O4S2. The molecule has 2 aromatic heterocycles. The Labute approximate surface area is 219 Å². The number of amides is 1. The fourth-order valence-corrected chi connectivity index (χ4v) is 4.92. The second-order valence-corrected chi connectivity index (χ2v) is 9.68. The minimum Gasteiger partial charge on any atom is -0.488 e. The monoisotopic (exact) mass is 541 g/mol. The summed E-state index contributed by atoms with van der Waals surface area (Å²) in [4.78, 5) is 34.8. The molecule has 0 aliphatic heterocycles. The van der Waals surface area contributed by atoms with Gasteiger partial charge < -0.3 is 14.7 Å². The van der Waals surface area contributed by atoms with E-state index >= 15 is 0 Å². The molecule has 37 heavy (non-hydrogen) atoms. The molecule has 0 unspecified atom stereocenters. The van der Waals surface area contributed by atoms with Crippen LogP contribution in [0.15, 0.2) is 71.3 Å². The number of halogens is 2. The second kappa shape index (κ2) is 11.9. The van der Waals surface area contributed by atoms with Crippen LogP contribution in [0.25, 0.3) is 11.1 Å². The quantitative estimate of drug-likeness (QED) is 0.265. The largest absolute Gasteiger partial charge is 0.488 e. The number of aromatic nitrogens is 2. The van der Waals surface area contributed by atoms with Crippen molar-refractivity contribution in [2.24, 2.45) is 0 Å². The summed E-state index contributed by atoms with van der Waals surface area (Å²) in [6.07, 6.45) is 4.66. The van der Waals surface area contributed by atoms with Crippen molar-refractivity contribution in [3.63, 3.8) is 0 Å². The highest BCUT2D eigenvalue weighted by Crippen LogP contribution is 2.33. The molecule has 4 aromatic rings. The highest BCUT2D eigenvalue weighted by molar-refractivity contribution is 7.98. The molecule has 0 radical (unpaired) electrons. The van der Waals surface area contributed by atoms with Crippen LogP contribution in [0.5, 0.6) is 5.75 Å². The number of aliphatic carboxylic acids is 1. The first kappa shape index (κ1) is 26.2.